The van der Waals surface area contributed by atoms with E-state index in [0.717, 1.165) is 55.7 Å². The molecule has 0 bridgehead atoms. The molecular weight excluding hydrogens is 559 g/mol. The number of hydrogen-bond donors (Lipinski definition) is 2. The molecule has 0 amide bonds. The van der Waals surface area contributed by atoms with Gasteiger partial charge in [0.2, 0.25) is 0 Å². The number of esters is 1. The van der Waals surface area contributed by atoms with E-state index in [2.05, 4.69) is 32.7 Å². The predicted octanol–water partition coefficient (Wildman–Crippen LogP) is 5.72. The minimum absolute atomic E-state index is 0.0259. The van der Waals surface area contributed by atoms with Crippen molar-refractivity contribution in [3.05, 3.63) is 66.1 Å². The molecule has 2 unspecified atom stereocenters. The van der Waals surface area contributed by atoms with Crippen molar-refractivity contribution in [2.45, 2.75) is 77.1 Å². The van der Waals surface area contributed by atoms with Gasteiger partial charge in [0.15, 0.2) is 0 Å². The highest BCUT2D eigenvalue weighted by atomic mass is 19.1. The van der Waals surface area contributed by atoms with Gasteiger partial charge in [-0.05, 0) is 77.5 Å². The van der Waals surface area contributed by atoms with Crippen LogP contribution in [0.15, 0.2) is 54.9 Å². The highest BCUT2D eigenvalue weighted by Gasteiger charge is 2.27. The minimum Gasteiger partial charge on any atom is -0.458 e. The van der Waals surface area contributed by atoms with Crippen LogP contribution in [0, 0.1) is 0 Å². The van der Waals surface area contributed by atoms with E-state index in [1.54, 1.807) is 12.4 Å². The van der Waals surface area contributed by atoms with Crippen molar-refractivity contribution in [1.29, 1.82) is 0 Å². The molecule has 0 saturated heterocycles. The highest BCUT2D eigenvalue weighted by Crippen LogP contribution is 2.21. The van der Waals surface area contributed by atoms with Gasteiger partial charge in [-0.25, -0.2) is 19.2 Å². The molecule has 0 aliphatic carbocycles. The summed E-state index contributed by atoms with van der Waals surface area (Å²) < 4.78 is 25.5. The Balaban J connectivity index is 1.40. The number of pyridine rings is 1. The van der Waals surface area contributed by atoms with E-state index < -0.39 is 17.8 Å². The van der Waals surface area contributed by atoms with Crippen molar-refractivity contribution in [3.63, 3.8) is 0 Å². The number of alkyl halides is 1. The minimum atomic E-state index is -1.13. The maximum Gasteiger partial charge on any atom is 0.329 e. The molecule has 2 atom stereocenters. The number of carbonyl (C=O) groups is 1. The van der Waals surface area contributed by atoms with Crippen LogP contribution in [-0.2, 0) is 27.1 Å². The molecule has 3 aromatic rings. The fourth-order valence-corrected chi connectivity index (χ4v) is 5.25. The van der Waals surface area contributed by atoms with Gasteiger partial charge in [-0.15, -0.1) is 0 Å². The van der Waals surface area contributed by atoms with Crippen molar-refractivity contribution in [2.24, 2.45) is 0 Å². The fraction of sp³-hybridized carbons (Fsp3) is 0.529. The summed E-state index contributed by atoms with van der Waals surface area (Å²) in [5.41, 5.74) is 3.32. The number of halogens is 1. The maximum atomic E-state index is 14.7. The number of hydrogen-bond acceptors (Lipinski definition) is 9. The molecule has 0 radical (unpaired) electrons. The third kappa shape index (κ3) is 10.8. The lowest BCUT2D eigenvalue weighted by molar-refractivity contribution is -0.156. The molecule has 9 nitrogen and oxygen atoms in total. The number of aromatic nitrogens is 3. The molecule has 0 saturated carbocycles. The van der Waals surface area contributed by atoms with Crippen molar-refractivity contribution >= 4 is 17.6 Å². The molecule has 0 fully saturated rings. The monoisotopic (exact) mass is 606 g/mol. The van der Waals surface area contributed by atoms with Gasteiger partial charge < -0.3 is 25.0 Å². The summed E-state index contributed by atoms with van der Waals surface area (Å²) >= 11 is 0. The van der Waals surface area contributed by atoms with Gasteiger partial charge in [-0.3, -0.25) is 4.98 Å². The van der Waals surface area contributed by atoms with Crippen molar-refractivity contribution in [1.82, 2.24) is 19.9 Å². The molecule has 1 aliphatic rings. The standard InChI is InChI=1S/C34H47FN6O3/c1-34(2,3)44-33(42)29(39-31-22-36-21-30(40-31)25-11-6-5-7-12-25)17-20-41(23-27(35)24-43-4)19-9-8-14-28-16-15-26-13-10-18-37-32(26)38-28/h5-7,11-12,15-16,21-22,27,29H,8-10,13-14,17-20,23-24H2,1-4H3,(H,37,38)(H,39,40). The van der Waals surface area contributed by atoms with Gasteiger partial charge in [0.05, 0.1) is 24.7 Å². The molecule has 0 spiro atoms. The van der Waals surface area contributed by atoms with Crippen LogP contribution in [0.5, 0.6) is 0 Å². The Morgan fingerprint density at radius 2 is 1.91 bits per heavy atom. The second-order valence-electron chi connectivity index (χ2n) is 12.3. The topological polar surface area (TPSA) is 102 Å². The molecule has 3 heterocycles. The summed E-state index contributed by atoms with van der Waals surface area (Å²) in [7, 11) is 1.50. The van der Waals surface area contributed by atoms with Crippen LogP contribution in [-0.4, -0.2) is 83.5 Å². The van der Waals surface area contributed by atoms with Crippen LogP contribution in [0.25, 0.3) is 11.3 Å². The molecule has 4 rings (SSSR count). The first-order chi connectivity index (χ1) is 21.2. The number of carbonyl (C=O) groups excluding carboxylic acids is 1. The van der Waals surface area contributed by atoms with Gasteiger partial charge in [-0.1, -0.05) is 36.4 Å². The second-order valence-corrected chi connectivity index (χ2v) is 12.3. The number of ether oxygens (including phenoxy) is 2. The molecular formula is C34H47FN6O3. The zero-order valence-corrected chi connectivity index (χ0v) is 26.5. The molecule has 238 valence electrons. The first-order valence-corrected chi connectivity index (χ1v) is 15.6. The third-order valence-corrected chi connectivity index (χ3v) is 7.36. The average Bonchev–Trinajstić information content (AvgIpc) is 3.00. The number of nitrogens with zero attached hydrogens (tertiary/aromatic N) is 4. The maximum absolute atomic E-state index is 14.7. The van der Waals surface area contributed by atoms with E-state index >= 15 is 0 Å². The Kier molecular flexibility index (Phi) is 12.4. The summed E-state index contributed by atoms with van der Waals surface area (Å²) in [5, 5.41) is 6.65. The van der Waals surface area contributed by atoms with Gasteiger partial charge in [0.25, 0.3) is 0 Å². The number of nitrogens with one attached hydrogen (secondary N) is 2. The smallest absolute Gasteiger partial charge is 0.329 e. The van der Waals surface area contributed by atoms with Crippen LogP contribution in [0.3, 0.4) is 0 Å². The third-order valence-electron chi connectivity index (χ3n) is 7.36. The SMILES string of the molecule is COCC(F)CN(CCCCc1ccc2c(n1)NCCC2)CCC(Nc1cncc(-c2ccccc2)n1)C(=O)OC(C)(C)C. The number of aryl methyl sites for hydroxylation is 2. The first-order valence-electron chi connectivity index (χ1n) is 15.6. The van der Waals surface area contributed by atoms with Crippen LogP contribution in [0.4, 0.5) is 16.0 Å². The Bertz CT molecular complexity index is 1320. The fourth-order valence-electron chi connectivity index (χ4n) is 5.25. The summed E-state index contributed by atoms with van der Waals surface area (Å²) in [5.74, 6) is 1.10. The van der Waals surface area contributed by atoms with Gasteiger partial charge in [-0.2, -0.15) is 0 Å². The van der Waals surface area contributed by atoms with Gasteiger partial charge in [0, 0.05) is 38.0 Å². The lowest BCUT2D eigenvalue weighted by Gasteiger charge is -2.28. The average molecular weight is 607 g/mol. The first kappa shape index (κ1) is 33.3. The van der Waals surface area contributed by atoms with Crippen LogP contribution in [0.1, 0.15) is 57.7 Å². The largest absolute Gasteiger partial charge is 0.458 e. The van der Waals surface area contributed by atoms with E-state index in [9.17, 15) is 9.18 Å². The normalized spacial score (nSPS) is 14.4. The highest BCUT2D eigenvalue weighted by molar-refractivity contribution is 5.79. The van der Waals surface area contributed by atoms with E-state index in [-0.39, 0.29) is 19.1 Å². The summed E-state index contributed by atoms with van der Waals surface area (Å²) in [6, 6.07) is 13.4. The van der Waals surface area contributed by atoms with Crippen molar-refractivity contribution < 1.29 is 18.7 Å². The number of benzene rings is 1. The predicted molar refractivity (Wildman–Crippen MR) is 173 cm³/mol. The van der Waals surface area contributed by atoms with Crippen LogP contribution >= 0.6 is 0 Å². The van der Waals surface area contributed by atoms with E-state index in [1.807, 2.05) is 51.1 Å². The quantitative estimate of drug-likeness (QED) is 0.157. The molecule has 44 heavy (non-hydrogen) atoms. The zero-order valence-electron chi connectivity index (χ0n) is 26.5. The lowest BCUT2D eigenvalue weighted by atomic mass is 10.1. The molecule has 10 heteroatoms. The Morgan fingerprint density at radius 1 is 1.09 bits per heavy atom. The van der Waals surface area contributed by atoms with Gasteiger partial charge in [0.1, 0.15) is 29.5 Å². The lowest BCUT2D eigenvalue weighted by Crippen LogP contribution is -2.41. The van der Waals surface area contributed by atoms with Crippen molar-refractivity contribution in [2.75, 3.05) is 50.5 Å². The molecule has 1 aliphatic heterocycles. The Morgan fingerprint density at radius 3 is 2.68 bits per heavy atom. The summed E-state index contributed by atoms with van der Waals surface area (Å²) in [4.78, 5) is 29.2. The van der Waals surface area contributed by atoms with Gasteiger partial charge >= 0.3 is 5.97 Å². The number of unbranched alkanes of at least 4 members (excludes halogenated alkanes) is 1. The van der Waals surface area contributed by atoms with Crippen LogP contribution in [0.2, 0.25) is 0 Å². The van der Waals surface area contributed by atoms with Crippen LogP contribution < -0.4 is 10.6 Å². The summed E-state index contributed by atoms with van der Waals surface area (Å²) in [6.07, 6.45) is 7.44. The number of anilines is 2. The van der Waals surface area contributed by atoms with E-state index in [4.69, 9.17) is 19.4 Å². The van der Waals surface area contributed by atoms with Crippen molar-refractivity contribution in [3.8, 4) is 11.3 Å². The molecule has 2 aromatic heterocycles. The van der Waals surface area contributed by atoms with E-state index in [1.165, 1.54) is 12.7 Å². The number of rotatable bonds is 16. The molecule has 1 aromatic carbocycles. The number of methoxy groups -OCH3 is 1. The zero-order chi connectivity index (χ0) is 31.4. The Hall–Kier alpha value is -3.63. The van der Waals surface area contributed by atoms with E-state index in [0.29, 0.717) is 31.0 Å². The number of fused-ring (bicyclic) bond motifs is 1. The Labute approximate surface area is 261 Å². The molecule has 2 N–H and O–H groups in total. The second kappa shape index (κ2) is 16.4. The summed E-state index contributed by atoms with van der Waals surface area (Å²) in [6.45, 7) is 7.93.